The van der Waals surface area contributed by atoms with Gasteiger partial charge < -0.3 is 9.84 Å². The smallest absolute Gasteiger partial charge is 0.324 e. The second-order valence-electron chi connectivity index (χ2n) is 9.33. The van der Waals surface area contributed by atoms with Crippen LogP contribution in [0.15, 0.2) is 87.1 Å². The van der Waals surface area contributed by atoms with Gasteiger partial charge in [0.15, 0.2) is 11.5 Å². The quantitative estimate of drug-likeness (QED) is 0.372. The minimum atomic E-state index is -1.23. The van der Waals surface area contributed by atoms with Crippen LogP contribution in [-0.4, -0.2) is 46.8 Å². The Morgan fingerprint density at radius 2 is 1.64 bits per heavy atom. The van der Waals surface area contributed by atoms with E-state index >= 15 is 0 Å². The summed E-state index contributed by atoms with van der Waals surface area (Å²) in [5.41, 5.74) is 2.91. The van der Waals surface area contributed by atoms with Gasteiger partial charge in [-0.3, -0.25) is 20.0 Å². The number of aromatic hydroxyl groups is 1. The zero-order chi connectivity index (χ0) is 27.5. The number of likely N-dealkylation sites (N-methyl/N-ethyl adjacent to an activating group) is 2. The highest BCUT2D eigenvalue weighted by molar-refractivity contribution is 9.10. The van der Waals surface area contributed by atoms with E-state index in [1.165, 1.54) is 23.1 Å². The molecule has 4 aromatic rings. The molecule has 1 aromatic heterocycles. The minimum absolute atomic E-state index is 0.0216. The number of urea groups is 1. The lowest BCUT2D eigenvalue weighted by Gasteiger charge is -2.49. The first-order valence-electron chi connectivity index (χ1n) is 12.1. The summed E-state index contributed by atoms with van der Waals surface area (Å²) >= 11 is 4.55. The molecule has 0 spiro atoms. The molecule has 198 valence electrons. The number of thiazole rings is 1. The number of phenols is 1. The molecule has 3 aromatic carbocycles. The number of carbonyl (C=O) groups excluding carboxylic acids is 1. The van der Waals surface area contributed by atoms with Gasteiger partial charge in [-0.25, -0.2) is 9.79 Å². The number of hydrogen-bond acceptors (Lipinski definition) is 7. The number of aromatic nitrogens is 1. The van der Waals surface area contributed by atoms with Crippen LogP contribution in [-0.2, 0) is 11.3 Å². The Bertz CT molecular complexity index is 1790. The van der Waals surface area contributed by atoms with Gasteiger partial charge in [-0.1, -0.05) is 72.0 Å². The van der Waals surface area contributed by atoms with Crippen molar-refractivity contribution in [3.63, 3.8) is 0 Å². The van der Waals surface area contributed by atoms with Crippen molar-refractivity contribution in [3.8, 4) is 11.5 Å². The topological polar surface area (TPSA) is 99.4 Å². The molecular formula is C28H24BrN5O4S. The van der Waals surface area contributed by atoms with Crippen molar-refractivity contribution in [3.05, 3.63) is 114 Å². The molecule has 1 saturated heterocycles. The van der Waals surface area contributed by atoms with Crippen molar-refractivity contribution in [2.45, 2.75) is 11.3 Å². The van der Waals surface area contributed by atoms with Crippen molar-refractivity contribution in [1.29, 1.82) is 0 Å². The molecule has 2 amide bonds. The number of amides is 2. The highest BCUT2D eigenvalue weighted by atomic mass is 79.9. The van der Waals surface area contributed by atoms with Crippen LogP contribution in [0.4, 0.5) is 4.79 Å². The molecule has 9 nitrogen and oxygen atoms in total. The Morgan fingerprint density at radius 1 is 1.00 bits per heavy atom. The van der Waals surface area contributed by atoms with E-state index < -0.39 is 11.3 Å². The molecule has 0 radical (unpaired) electrons. The number of halogens is 1. The zero-order valence-corrected chi connectivity index (χ0v) is 23.7. The number of carbonyl (C=O) groups is 1. The second-order valence-corrected chi connectivity index (χ2v) is 11.2. The molecule has 6 rings (SSSR count). The third-order valence-electron chi connectivity index (χ3n) is 7.34. The zero-order valence-electron chi connectivity index (χ0n) is 21.3. The van der Waals surface area contributed by atoms with Crippen LogP contribution < -0.4 is 25.1 Å². The Hall–Kier alpha value is -4.09. The van der Waals surface area contributed by atoms with Crippen LogP contribution in [0, 0.1) is 0 Å². The van der Waals surface area contributed by atoms with Gasteiger partial charge >= 0.3 is 6.03 Å². The van der Waals surface area contributed by atoms with Crippen molar-refractivity contribution in [2.75, 3.05) is 26.6 Å². The fourth-order valence-corrected chi connectivity index (χ4v) is 6.93. The Kier molecular flexibility index (Phi) is 5.81. The number of methoxy groups -OCH3 is 1. The van der Waals surface area contributed by atoms with Crippen molar-refractivity contribution >= 4 is 39.4 Å². The molecular weight excluding hydrogens is 582 g/mol. The summed E-state index contributed by atoms with van der Waals surface area (Å²) in [6.07, 6.45) is 1.72. The van der Waals surface area contributed by atoms with Crippen LogP contribution in [0.5, 0.6) is 11.5 Å². The SMILES string of the molecule is COc1cc(/C=c2\sc3n(c2=O)N[C@]2(c4ccccc4)N(C)C(=O)N(C)[C@]2(c2ccccc2)N=3)cc(Br)c1O. The highest BCUT2D eigenvalue weighted by Crippen LogP contribution is 2.53. The average molecular weight is 607 g/mol. The second kappa shape index (κ2) is 8.99. The van der Waals surface area contributed by atoms with E-state index in [1.807, 2.05) is 60.7 Å². The maximum absolute atomic E-state index is 13.8. The van der Waals surface area contributed by atoms with Crippen LogP contribution >= 0.6 is 27.3 Å². The molecule has 0 bridgehead atoms. The molecule has 0 saturated carbocycles. The van der Waals surface area contributed by atoms with Gasteiger partial charge in [-0.05, 0) is 39.7 Å². The van der Waals surface area contributed by atoms with E-state index in [0.29, 0.717) is 19.4 Å². The number of nitrogens with one attached hydrogen (secondary N) is 1. The van der Waals surface area contributed by atoms with Crippen molar-refractivity contribution in [1.82, 2.24) is 14.5 Å². The third kappa shape index (κ3) is 3.39. The Balaban J connectivity index is 1.67. The summed E-state index contributed by atoms with van der Waals surface area (Å²) in [4.78, 5) is 36.3. The van der Waals surface area contributed by atoms with E-state index in [9.17, 15) is 14.7 Å². The number of rotatable bonds is 4. The van der Waals surface area contributed by atoms with Gasteiger partial charge in [-0.15, -0.1) is 0 Å². The van der Waals surface area contributed by atoms with Crippen molar-refractivity contribution in [2.24, 2.45) is 4.99 Å². The summed E-state index contributed by atoms with van der Waals surface area (Å²) in [6, 6.07) is 22.3. The predicted octanol–water partition coefficient (Wildman–Crippen LogP) is 3.10. The molecule has 2 aliphatic rings. The minimum Gasteiger partial charge on any atom is -0.503 e. The summed E-state index contributed by atoms with van der Waals surface area (Å²) < 4.78 is 7.55. The van der Waals surface area contributed by atoms with Crippen LogP contribution in [0.25, 0.3) is 6.08 Å². The first-order valence-corrected chi connectivity index (χ1v) is 13.7. The summed E-state index contributed by atoms with van der Waals surface area (Å²) in [5, 5.41) is 10.2. The number of nitrogens with zero attached hydrogens (tertiary/aromatic N) is 4. The van der Waals surface area contributed by atoms with Gasteiger partial charge in [0.25, 0.3) is 5.56 Å². The lowest BCUT2D eigenvalue weighted by atomic mass is 9.80. The first-order chi connectivity index (χ1) is 18.7. The van der Waals surface area contributed by atoms with Gasteiger partial charge in [0.2, 0.25) is 16.1 Å². The predicted molar refractivity (Wildman–Crippen MR) is 152 cm³/mol. The van der Waals surface area contributed by atoms with E-state index in [0.717, 1.165) is 11.1 Å². The molecule has 2 N–H and O–H groups in total. The van der Waals surface area contributed by atoms with Crippen LogP contribution in [0.1, 0.15) is 16.7 Å². The lowest BCUT2D eigenvalue weighted by molar-refractivity contribution is 0.0648. The van der Waals surface area contributed by atoms with E-state index in [4.69, 9.17) is 9.73 Å². The van der Waals surface area contributed by atoms with E-state index in [1.54, 1.807) is 42.1 Å². The highest BCUT2D eigenvalue weighted by Gasteiger charge is 2.69. The fraction of sp³-hybridized carbons (Fsp3) is 0.179. The monoisotopic (exact) mass is 605 g/mol. The van der Waals surface area contributed by atoms with Crippen LogP contribution in [0.2, 0.25) is 0 Å². The molecule has 0 unspecified atom stereocenters. The molecule has 1 fully saturated rings. The molecule has 2 aliphatic heterocycles. The van der Waals surface area contributed by atoms with Crippen molar-refractivity contribution < 1.29 is 14.6 Å². The molecule has 2 atom stereocenters. The number of hydrogen-bond donors (Lipinski definition) is 2. The lowest BCUT2D eigenvalue weighted by Crippen LogP contribution is -2.67. The number of phenolic OH excluding ortho intramolecular Hbond substituents is 1. The molecule has 3 heterocycles. The number of fused-ring (bicyclic) bond motifs is 2. The normalized spacial score (nSPS) is 22.3. The largest absolute Gasteiger partial charge is 0.503 e. The number of ether oxygens (including phenoxy) is 1. The number of benzene rings is 3. The third-order valence-corrected chi connectivity index (χ3v) is 8.91. The van der Waals surface area contributed by atoms with E-state index in [2.05, 4.69) is 21.4 Å². The summed E-state index contributed by atoms with van der Waals surface area (Å²) in [7, 11) is 4.91. The van der Waals surface area contributed by atoms with Gasteiger partial charge in [0.1, 0.15) is 0 Å². The summed E-state index contributed by atoms with van der Waals surface area (Å²) in [5.74, 6) is 0.258. The summed E-state index contributed by atoms with van der Waals surface area (Å²) in [6.45, 7) is 0. The Labute approximate surface area is 236 Å². The fourth-order valence-electron chi connectivity index (χ4n) is 5.50. The van der Waals surface area contributed by atoms with Crippen LogP contribution in [0.3, 0.4) is 0 Å². The maximum atomic E-state index is 13.8. The van der Waals surface area contributed by atoms with Gasteiger partial charge in [0.05, 0.1) is 16.1 Å². The van der Waals surface area contributed by atoms with Gasteiger partial charge in [0, 0.05) is 25.2 Å². The average Bonchev–Trinajstić information content (AvgIpc) is 3.34. The maximum Gasteiger partial charge on any atom is 0.324 e. The Morgan fingerprint density at radius 3 is 2.28 bits per heavy atom. The molecule has 0 aliphatic carbocycles. The molecule has 39 heavy (non-hydrogen) atoms. The first kappa shape index (κ1) is 25.2. The van der Waals surface area contributed by atoms with Gasteiger partial charge in [-0.2, -0.15) is 4.68 Å². The van der Waals surface area contributed by atoms with E-state index in [-0.39, 0.29) is 23.1 Å². The molecule has 11 heteroatoms. The standard InChI is InChI=1S/C28H24BrN5O4S/c1-32-26(37)33(2)28(19-12-8-5-9-13-19)27(32,18-10-6-4-7-11-18)30-25-34(31-28)24(36)22(39-25)16-17-14-20(29)23(35)21(15-17)38-3/h4-16,31,35H,1-3H3/b22-16-/t27-,28+/m0/s1.